The Morgan fingerprint density at radius 2 is 1.73 bits per heavy atom. The molecule has 0 saturated heterocycles. The van der Waals surface area contributed by atoms with Gasteiger partial charge in [-0.1, -0.05) is 52.4 Å². The lowest BCUT2D eigenvalue weighted by Gasteiger charge is -2.11. The Kier molecular flexibility index (Phi) is 14.3. The molecule has 0 aromatic heterocycles. The number of nitrogens with zero attached hydrogens (tertiary/aromatic N) is 1. The highest BCUT2D eigenvalue weighted by Gasteiger charge is 2.08. The van der Waals surface area contributed by atoms with Crippen LogP contribution >= 0.6 is 0 Å². The van der Waals surface area contributed by atoms with E-state index in [9.17, 15) is 9.90 Å². The highest BCUT2D eigenvalue weighted by molar-refractivity contribution is 5.98. The summed E-state index contributed by atoms with van der Waals surface area (Å²) >= 11 is 0. The van der Waals surface area contributed by atoms with Gasteiger partial charge in [-0.2, -0.15) is 0 Å². The van der Waals surface area contributed by atoms with Gasteiger partial charge in [-0.25, -0.2) is 0 Å². The summed E-state index contributed by atoms with van der Waals surface area (Å²) in [4.78, 5) is 16.0. The molecular formula is C17H34N2O3. The lowest BCUT2D eigenvalue weighted by molar-refractivity contribution is -0.120. The Balaban J connectivity index is 4.28. The zero-order chi connectivity index (χ0) is 16.6. The van der Waals surface area contributed by atoms with Crippen molar-refractivity contribution in [3.8, 4) is 0 Å². The predicted molar refractivity (Wildman–Crippen MR) is 91.1 cm³/mol. The van der Waals surface area contributed by atoms with Crippen molar-refractivity contribution < 1.29 is 15.0 Å². The third-order valence-corrected chi connectivity index (χ3v) is 3.52. The number of unbranched alkanes of at least 4 members (excludes halogenated alkanes) is 5. The molecule has 0 spiro atoms. The van der Waals surface area contributed by atoms with Crippen molar-refractivity contribution >= 4 is 11.7 Å². The van der Waals surface area contributed by atoms with Crippen LogP contribution in [0.3, 0.4) is 0 Å². The molecule has 1 unspecified atom stereocenters. The van der Waals surface area contributed by atoms with Gasteiger partial charge >= 0.3 is 0 Å². The topological polar surface area (TPSA) is 81.9 Å². The number of hydrogen-bond acceptors (Lipinski definition) is 4. The Morgan fingerprint density at radius 3 is 2.36 bits per heavy atom. The van der Waals surface area contributed by atoms with Crippen LogP contribution in [0.4, 0.5) is 0 Å². The first-order chi connectivity index (χ1) is 10.6. The summed E-state index contributed by atoms with van der Waals surface area (Å²) in [6.07, 6.45) is 8.84. The predicted octanol–water partition coefficient (Wildman–Crippen LogP) is 2.80. The number of rotatable bonds is 13. The van der Waals surface area contributed by atoms with Crippen LogP contribution in [0.1, 0.15) is 78.1 Å². The van der Waals surface area contributed by atoms with E-state index in [0.29, 0.717) is 12.4 Å². The Labute approximate surface area is 135 Å². The monoisotopic (exact) mass is 314 g/mol. The van der Waals surface area contributed by atoms with Gasteiger partial charge < -0.3 is 15.5 Å². The van der Waals surface area contributed by atoms with Crippen molar-refractivity contribution in [3.63, 3.8) is 0 Å². The van der Waals surface area contributed by atoms with Gasteiger partial charge in [-0.3, -0.25) is 9.79 Å². The van der Waals surface area contributed by atoms with E-state index in [1.54, 1.807) is 0 Å². The van der Waals surface area contributed by atoms with Crippen LogP contribution in [-0.4, -0.2) is 41.2 Å². The first-order valence-corrected chi connectivity index (χ1v) is 8.76. The van der Waals surface area contributed by atoms with E-state index >= 15 is 0 Å². The van der Waals surface area contributed by atoms with E-state index in [2.05, 4.69) is 24.2 Å². The first-order valence-electron chi connectivity index (χ1n) is 8.76. The minimum absolute atomic E-state index is 0.0903. The smallest absolute Gasteiger partial charge is 0.227 e. The summed E-state index contributed by atoms with van der Waals surface area (Å²) in [7, 11) is 0. The minimum atomic E-state index is -0.438. The third-order valence-electron chi connectivity index (χ3n) is 3.52. The van der Waals surface area contributed by atoms with E-state index in [1.165, 1.54) is 12.8 Å². The van der Waals surface area contributed by atoms with Crippen molar-refractivity contribution in [1.29, 1.82) is 0 Å². The van der Waals surface area contributed by atoms with Crippen LogP contribution < -0.4 is 5.32 Å². The normalized spacial score (nSPS) is 13.2. The van der Waals surface area contributed by atoms with Crippen LogP contribution in [0.25, 0.3) is 0 Å². The summed E-state index contributed by atoms with van der Waals surface area (Å²) in [5, 5.41) is 21.5. The van der Waals surface area contributed by atoms with Gasteiger partial charge in [0.05, 0.1) is 25.7 Å². The third kappa shape index (κ3) is 12.8. The molecule has 0 rings (SSSR count). The van der Waals surface area contributed by atoms with Crippen molar-refractivity contribution in [2.45, 2.75) is 84.2 Å². The van der Waals surface area contributed by atoms with E-state index in [1.807, 2.05) is 0 Å². The molecule has 22 heavy (non-hydrogen) atoms. The molecule has 0 aliphatic heterocycles. The number of amides is 1. The van der Waals surface area contributed by atoms with E-state index in [4.69, 9.17) is 5.11 Å². The zero-order valence-electron chi connectivity index (χ0n) is 14.3. The summed E-state index contributed by atoms with van der Waals surface area (Å²) in [5.74, 6) is 0.432. The summed E-state index contributed by atoms with van der Waals surface area (Å²) in [6, 6.07) is 0. The standard InChI is InChI=1S/C17H34N2O3/c1-3-5-7-9-11-16(19-17(22)12-13-20)18-14-15(21)10-8-6-4-2/h15,20-21H,3-14H2,1-2H3,(H,18,19,22). The van der Waals surface area contributed by atoms with E-state index in [-0.39, 0.29) is 18.9 Å². The van der Waals surface area contributed by atoms with Gasteiger partial charge in [0.15, 0.2) is 0 Å². The van der Waals surface area contributed by atoms with Crippen LogP contribution in [0.5, 0.6) is 0 Å². The first kappa shape index (κ1) is 21.1. The number of nitrogens with one attached hydrogen (secondary N) is 1. The van der Waals surface area contributed by atoms with Gasteiger partial charge in [-0.05, 0) is 12.8 Å². The molecule has 0 bridgehead atoms. The summed E-state index contributed by atoms with van der Waals surface area (Å²) in [6.45, 7) is 4.47. The average Bonchev–Trinajstić information content (AvgIpc) is 2.49. The SMILES string of the molecule is CCCCCC/C(=N/CC(O)CCCCC)NC(=O)CCO. The van der Waals surface area contributed by atoms with Crippen LogP contribution in [0, 0.1) is 0 Å². The van der Waals surface area contributed by atoms with Crippen LogP contribution in [0.2, 0.25) is 0 Å². The molecule has 5 nitrogen and oxygen atoms in total. The fourth-order valence-electron chi connectivity index (χ4n) is 2.16. The molecule has 130 valence electrons. The van der Waals surface area contributed by atoms with Gasteiger partial charge in [0.2, 0.25) is 5.91 Å². The summed E-state index contributed by atoms with van der Waals surface area (Å²) in [5.41, 5.74) is 0. The second-order valence-electron chi connectivity index (χ2n) is 5.77. The maximum absolute atomic E-state index is 11.6. The van der Waals surface area contributed by atoms with Crippen molar-refractivity contribution in [2.75, 3.05) is 13.2 Å². The molecule has 1 amide bonds. The van der Waals surface area contributed by atoms with Crippen LogP contribution in [0.15, 0.2) is 4.99 Å². The van der Waals surface area contributed by atoms with Crippen molar-refractivity contribution in [2.24, 2.45) is 4.99 Å². The van der Waals surface area contributed by atoms with Gasteiger partial charge in [0.25, 0.3) is 0 Å². The highest BCUT2D eigenvalue weighted by atomic mass is 16.3. The van der Waals surface area contributed by atoms with Crippen molar-refractivity contribution in [1.82, 2.24) is 5.32 Å². The molecule has 0 saturated carbocycles. The highest BCUT2D eigenvalue weighted by Crippen LogP contribution is 2.06. The fraction of sp³-hybridized carbons (Fsp3) is 0.882. The largest absolute Gasteiger partial charge is 0.396 e. The number of aliphatic hydroxyl groups excluding tert-OH is 2. The number of hydrogen-bond donors (Lipinski definition) is 3. The van der Waals surface area contributed by atoms with Gasteiger partial charge in [0, 0.05) is 6.42 Å². The minimum Gasteiger partial charge on any atom is -0.396 e. The second kappa shape index (κ2) is 15.0. The zero-order valence-corrected chi connectivity index (χ0v) is 14.3. The number of carbonyl (C=O) groups is 1. The van der Waals surface area contributed by atoms with Gasteiger partial charge in [-0.15, -0.1) is 0 Å². The number of aliphatic imine (C=N–C) groups is 1. The Bertz CT molecular complexity index is 306. The average molecular weight is 314 g/mol. The molecule has 0 aromatic rings. The molecule has 0 radical (unpaired) electrons. The van der Waals surface area contributed by atoms with E-state index in [0.717, 1.165) is 44.9 Å². The fourth-order valence-corrected chi connectivity index (χ4v) is 2.16. The Morgan fingerprint density at radius 1 is 1.05 bits per heavy atom. The molecule has 0 aliphatic rings. The molecule has 0 aromatic carbocycles. The second-order valence-corrected chi connectivity index (χ2v) is 5.77. The van der Waals surface area contributed by atoms with Crippen molar-refractivity contribution in [3.05, 3.63) is 0 Å². The lowest BCUT2D eigenvalue weighted by Crippen LogP contribution is -2.32. The van der Waals surface area contributed by atoms with E-state index < -0.39 is 6.10 Å². The quantitative estimate of drug-likeness (QED) is 0.278. The summed E-state index contributed by atoms with van der Waals surface area (Å²) < 4.78 is 0. The lowest BCUT2D eigenvalue weighted by atomic mass is 10.1. The van der Waals surface area contributed by atoms with Crippen LogP contribution in [-0.2, 0) is 4.79 Å². The Hall–Kier alpha value is -0.940. The molecular weight excluding hydrogens is 280 g/mol. The molecule has 5 heteroatoms. The maximum atomic E-state index is 11.6. The molecule has 1 atom stereocenters. The van der Waals surface area contributed by atoms with Gasteiger partial charge in [0.1, 0.15) is 5.84 Å². The maximum Gasteiger partial charge on any atom is 0.227 e. The number of amidine groups is 1. The number of aliphatic hydroxyl groups is 2. The molecule has 0 aliphatic carbocycles. The molecule has 3 N–H and O–H groups in total. The number of carbonyl (C=O) groups excluding carboxylic acids is 1. The molecule has 0 heterocycles. The molecule has 0 fully saturated rings.